The molecule has 0 aromatic carbocycles. The fraction of sp³-hybridized carbons (Fsp3) is 0.706. The van der Waals surface area contributed by atoms with Gasteiger partial charge in [0.15, 0.2) is 0 Å². The zero-order chi connectivity index (χ0) is 16.2. The summed E-state index contributed by atoms with van der Waals surface area (Å²) >= 11 is 1.74. The Morgan fingerprint density at radius 3 is 2.87 bits per heavy atom. The van der Waals surface area contributed by atoms with Crippen LogP contribution >= 0.6 is 11.3 Å². The highest BCUT2D eigenvalue weighted by atomic mass is 32.1. The summed E-state index contributed by atoms with van der Waals surface area (Å²) in [6, 6.07) is 4.54. The molecular formula is C17H27N3O2S. The van der Waals surface area contributed by atoms with Crippen LogP contribution in [0.1, 0.15) is 37.6 Å². The number of carbonyl (C=O) groups is 1. The summed E-state index contributed by atoms with van der Waals surface area (Å²) in [5, 5.41) is 5.19. The second-order valence-corrected chi connectivity index (χ2v) is 7.59. The van der Waals surface area contributed by atoms with Crippen LogP contribution in [0.25, 0.3) is 0 Å². The second kappa shape index (κ2) is 7.64. The smallest absolute Gasteiger partial charge is 0.317 e. The van der Waals surface area contributed by atoms with Crippen LogP contribution in [0.2, 0.25) is 0 Å². The minimum atomic E-state index is 0.0789. The third-order valence-electron chi connectivity index (χ3n) is 4.58. The van der Waals surface area contributed by atoms with E-state index in [9.17, 15) is 4.79 Å². The lowest BCUT2D eigenvalue weighted by Gasteiger charge is -2.35. The molecule has 128 valence electrons. The van der Waals surface area contributed by atoms with Crippen LogP contribution in [0.4, 0.5) is 4.79 Å². The van der Waals surface area contributed by atoms with Crippen molar-refractivity contribution in [1.29, 1.82) is 0 Å². The fourth-order valence-corrected chi connectivity index (χ4v) is 4.55. The van der Waals surface area contributed by atoms with Gasteiger partial charge in [-0.3, -0.25) is 4.90 Å². The molecule has 2 amide bonds. The van der Waals surface area contributed by atoms with Crippen molar-refractivity contribution in [3.63, 3.8) is 0 Å². The van der Waals surface area contributed by atoms with E-state index in [1.54, 1.807) is 11.3 Å². The van der Waals surface area contributed by atoms with E-state index in [4.69, 9.17) is 4.74 Å². The number of carbonyl (C=O) groups excluding carboxylic acids is 1. The van der Waals surface area contributed by atoms with Crippen LogP contribution in [0, 0.1) is 0 Å². The molecule has 5 nitrogen and oxygen atoms in total. The van der Waals surface area contributed by atoms with Gasteiger partial charge in [-0.15, -0.1) is 11.3 Å². The van der Waals surface area contributed by atoms with Crippen LogP contribution in [0.3, 0.4) is 0 Å². The van der Waals surface area contributed by atoms with Gasteiger partial charge in [-0.1, -0.05) is 6.07 Å². The van der Waals surface area contributed by atoms with Gasteiger partial charge in [0, 0.05) is 37.6 Å². The molecule has 2 aliphatic rings. The standard InChI is InChI=1S/C17H27N3O2S/c1-13-11-19(12-14(2)22-13)9-7-18-17(21)20-8-3-5-15(20)16-6-4-10-23-16/h4,6,10,13-15H,3,5,7-9,11-12H2,1-2H3,(H,18,21). The molecule has 2 aliphatic heterocycles. The van der Waals surface area contributed by atoms with E-state index >= 15 is 0 Å². The van der Waals surface area contributed by atoms with Gasteiger partial charge in [-0.25, -0.2) is 4.79 Å². The Labute approximate surface area is 142 Å². The van der Waals surface area contributed by atoms with Crippen LogP contribution in [-0.2, 0) is 4.74 Å². The van der Waals surface area contributed by atoms with Gasteiger partial charge in [0.05, 0.1) is 18.2 Å². The summed E-state index contributed by atoms with van der Waals surface area (Å²) in [6.45, 7) is 8.56. The summed E-state index contributed by atoms with van der Waals surface area (Å²) in [5.41, 5.74) is 0. The van der Waals surface area contributed by atoms with Crippen molar-refractivity contribution < 1.29 is 9.53 Å². The van der Waals surface area contributed by atoms with Crippen molar-refractivity contribution in [2.24, 2.45) is 0 Å². The molecule has 0 bridgehead atoms. The highest BCUT2D eigenvalue weighted by Crippen LogP contribution is 2.34. The van der Waals surface area contributed by atoms with Gasteiger partial charge < -0.3 is 15.0 Å². The molecule has 1 aromatic rings. The first-order chi connectivity index (χ1) is 11.1. The van der Waals surface area contributed by atoms with Gasteiger partial charge in [-0.05, 0) is 38.1 Å². The Bertz CT molecular complexity index is 498. The van der Waals surface area contributed by atoms with Gasteiger partial charge in [-0.2, -0.15) is 0 Å². The fourth-order valence-electron chi connectivity index (χ4n) is 3.68. The SMILES string of the molecule is CC1CN(CCNC(=O)N2CCCC2c2cccs2)CC(C)O1. The molecule has 0 spiro atoms. The molecule has 3 unspecified atom stereocenters. The minimum absolute atomic E-state index is 0.0789. The molecule has 2 saturated heterocycles. The van der Waals surface area contributed by atoms with Crippen molar-refractivity contribution in [2.75, 3.05) is 32.7 Å². The Kier molecular flexibility index (Phi) is 5.56. The monoisotopic (exact) mass is 337 g/mol. The molecule has 1 N–H and O–H groups in total. The van der Waals surface area contributed by atoms with Crippen molar-refractivity contribution in [2.45, 2.75) is 44.9 Å². The number of likely N-dealkylation sites (tertiary alicyclic amines) is 1. The first-order valence-electron chi connectivity index (χ1n) is 8.59. The third-order valence-corrected chi connectivity index (χ3v) is 5.56. The van der Waals surface area contributed by atoms with E-state index < -0.39 is 0 Å². The van der Waals surface area contributed by atoms with Crippen molar-refractivity contribution in [3.05, 3.63) is 22.4 Å². The molecular weight excluding hydrogens is 310 g/mol. The highest BCUT2D eigenvalue weighted by molar-refractivity contribution is 7.10. The van der Waals surface area contributed by atoms with E-state index in [0.717, 1.165) is 39.0 Å². The average Bonchev–Trinajstić information content (AvgIpc) is 3.17. The summed E-state index contributed by atoms with van der Waals surface area (Å²) in [7, 11) is 0. The highest BCUT2D eigenvalue weighted by Gasteiger charge is 2.30. The zero-order valence-corrected chi connectivity index (χ0v) is 14.8. The summed E-state index contributed by atoms with van der Waals surface area (Å²) in [5.74, 6) is 0. The number of urea groups is 1. The average molecular weight is 337 g/mol. The Hall–Kier alpha value is -1.11. The van der Waals surface area contributed by atoms with Crippen molar-refractivity contribution >= 4 is 17.4 Å². The van der Waals surface area contributed by atoms with E-state index in [-0.39, 0.29) is 24.3 Å². The second-order valence-electron chi connectivity index (χ2n) is 6.62. The number of nitrogens with one attached hydrogen (secondary N) is 1. The van der Waals surface area contributed by atoms with Crippen LogP contribution in [0.15, 0.2) is 17.5 Å². The molecule has 0 saturated carbocycles. The minimum Gasteiger partial charge on any atom is -0.373 e. The van der Waals surface area contributed by atoms with Crippen LogP contribution < -0.4 is 5.32 Å². The van der Waals surface area contributed by atoms with Crippen LogP contribution in [0.5, 0.6) is 0 Å². The number of rotatable bonds is 4. The number of amides is 2. The maximum absolute atomic E-state index is 12.5. The number of thiophene rings is 1. The topological polar surface area (TPSA) is 44.8 Å². The number of morpholine rings is 1. The lowest BCUT2D eigenvalue weighted by atomic mass is 10.2. The quantitative estimate of drug-likeness (QED) is 0.919. The van der Waals surface area contributed by atoms with E-state index in [0.29, 0.717) is 6.54 Å². The molecule has 6 heteroatoms. The van der Waals surface area contributed by atoms with Gasteiger partial charge in [0.25, 0.3) is 0 Å². The predicted molar refractivity (Wildman–Crippen MR) is 92.8 cm³/mol. The molecule has 3 heterocycles. The largest absolute Gasteiger partial charge is 0.373 e. The number of ether oxygens (including phenoxy) is 1. The third kappa shape index (κ3) is 4.25. The number of nitrogens with zero attached hydrogens (tertiary/aromatic N) is 2. The van der Waals surface area contributed by atoms with Gasteiger partial charge in [0.2, 0.25) is 0 Å². The molecule has 23 heavy (non-hydrogen) atoms. The molecule has 2 fully saturated rings. The molecule has 3 atom stereocenters. The molecule has 0 radical (unpaired) electrons. The lowest BCUT2D eigenvalue weighted by Crippen LogP contribution is -2.49. The maximum atomic E-state index is 12.5. The van der Waals surface area contributed by atoms with E-state index in [1.807, 2.05) is 4.90 Å². The summed E-state index contributed by atoms with van der Waals surface area (Å²) in [4.78, 5) is 18.2. The predicted octanol–water partition coefficient (Wildman–Crippen LogP) is 2.70. The van der Waals surface area contributed by atoms with Gasteiger partial charge in [0.1, 0.15) is 0 Å². The van der Waals surface area contributed by atoms with Crippen molar-refractivity contribution in [3.8, 4) is 0 Å². The first-order valence-corrected chi connectivity index (χ1v) is 9.47. The molecule has 1 aromatic heterocycles. The molecule has 0 aliphatic carbocycles. The Morgan fingerprint density at radius 2 is 2.17 bits per heavy atom. The summed E-state index contributed by atoms with van der Waals surface area (Å²) < 4.78 is 5.74. The Morgan fingerprint density at radius 1 is 1.39 bits per heavy atom. The van der Waals surface area contributed by atoms with Crippen LogP contribution in [-0.4, -0.2) is 60.8 Å². The molecule has 3 rings (SSSR count). The lowest BCUT2D eigenvalue weighted by molar-refractivity contribution is -0.0672. The first kappa shape index (κ1) is 16.7. The maximum Gasteiger partial charge on any atom is 0.317 e. The normalized spacial score (nSPS) is 29.0. The Balaban J connectivity index is 1.46. The van der Waals surface area contributed by atoms with Gasteiger partial charge >= 0.3 is 6.03 Å². The number of hydrogen-bond acceptors (Lipinski definition) is 4. The summed E-state index contributed by atoms with van der Waals surface area (Å²) in [6.07, 6.45) is 2.72. The number of hydrogen-bond donors (Lipinski definition) is 1. The van der Waals surface area contributed by atoms with E-state index in [1.165, 1.54) is 4.88 Å². The van der Waals surface area contributed by atoms with Crippen molar-refractivity contribution in [1.82, 2.24) is 15.1 Å². The van der Waals surface area contributed by atoms with E-state index in [2.05, 4.69) is 41.6 Å². The zero-order valence-electron chi connectivity index (χ0n) is 14.0.